The van der Waals surface area contributed by atoms with Crippen LogP contribution in [0.4, 0.5) is 16.0 Å². The summed E-state index contributed by atoms with van der Waals surface area (Å²) in [6.45, 7) is 7.48. The Bertz CT molecular complexity index is 596. The monoisotopic (exact) mass is 288 g/mol. The lowest BCUT2D eigenvalue weighted by Gasteiger charge is -2.14. The van der Waals surface area contributed by atoms with Gasteiger partial charge >= 0.3 is 0 Å². The fraction of sp³-hybridized carbons (Fsp3) is 0.375. The van der Waals surface area contributed by atoms with Crippen LogP contribution < -0.4 is 10.6 Å². The molecule has 0 radical (unpaired) electrons. The molecule has 5 heteroatoms. The summed E-state index contributed by atoms with van der Waals surface area (Å²) >= 11 is 0. The van der Waals surface area contributed by atoms with Crippen molar-refractivity contribution < 1.29 is 4.39 Å². The van der Waals surface area contributed by atoms with Gasteiger partial charge in [0.15, 0.2) is 0 Å². The number of rotatable bonds is 6. The average molecular weight is 288 g/mol. The largest absolute Gasteiger partial charge is 0.370 e. The highest BCUT2D eigenvalue weighted by atomic mass is 19.1. The number of hydrogen-bond donors (Lipinski definition) is 2. The van der Waals surface area contributed by atoms with E-state index < -0.39 is 0 Å². The van der Waals surface area contributed by atoms with E-state index in [2.05, 4.69) is 20.6 Å². The molecule has 2 N–H and O–H groups in total. The molecule has 0 aliphatic carbocycles. The third-order valence-corrected chi connectivity index (χ3v) is 3.23. The Labute approximate surface area is 124 Å². The van der Waals surface area contributed by atoms with Crippen molar-refractivity contribution in [2.75, 3.05) is 17.2 Å². The maximum atomic E-state index is 12.9. The number of nitrogens with one attached hydrogen (secondary N) is 2. The predicted octanol–water partition coefficient (Wildman–Crippen LogP) is 3.53. The van der Waals surface area contributed by atoms with Gasteiger partial charge in [0, 0.05) is 25.1 Å². The van der Waals surface area contributed by atoms with Gasteiger partial charge in [-0.3, -0.25) is 0 Å². The normalized spacial score (nSPS) is 10.5. The van der Waals surface area contributed by atoms with Gasteiger partial charge < -0.3 is 10.6 Å². The molecule has 0 saturated carbocycles. The molecule has 1 aromatic heterocycles. The third-order valence-electron chi connectivity index (χ3n) is 3.23. The second-order valence-electron chi connectivity index (χ2n) is 4.83. The minimum Gasteiger partial charge on any atom is -0.370 e. The van der Waals surface area contributed by atoms with Crippen molar-refractivity contribution in [3.8, 4) is 0 Å². The van der Waals surface area contributed by atoms with Gasteiger partial charge in [-0.25, -0.2) is 14.4 Å². The zero-order valence-electron chi connectivity index (χ0n) is 12.7. The second-order valence-corrected chi connectivity index (χ2v) is 4.83. The van der Waals surface area contributed by atoms with Crippen LogP contribution in [0.5, 0.6) is 0 Å². The molecule has 0 saturated heterocycles. The van der Waals surface area contributed by atoms with Crippen LogP contribution in [-0.2, 0) is 13.0 Å². The fourth-order valence-electron chi connectivity index (χ4n) is 2.02. The summed E-state index contributed by atoms with van der Waals surface area (Å²) in [5.74, 6) is 2.27. The van der Waals surface area contributed by atoms with E-state index in [1.807, 2.05) is 20.8 Å². The Balaban J connectivity index is 2.18. The molecular weight excluding hydrogens is 267 g/mol. The van der Waals surface area contributed by atoms with E-state index in [4.69, 9.17) is 0 Å². The van der Waals surface area contributed by atoms with Crippen molar-refractivity contribution in [1.29, 1.82) is 0 Å². The smallest absolute Gasteiger partial charge is 0.135 e. The molecule has 112 valence electrons. The molecule has 0 spiro atoms. The quantitative estimate of drug-likeness (QED) is 0.853. The number of aryl methyl sites for hydroxylation is 1. The van der Waals surface area contributed by atoms with Crippen molar-refractivity contribution >= 4 is 11.6 Å². The average Bonchev–Trinajstić information content (AvgIpc) is 2.50. The van der Waals surface area contributed by atoms with E-state index in [1.165, 1.54) is 12.1 Å². The van der Waals surface area contributed by atoms with E-state index in [1.54, 1.807) is 12.1 Å². The summed E-state index contributed by atoms with van der Waals surface area (Å²) < 4.78 is 12.9. The predicted molar refractivity (Wildman–Crippen MR) is 84.0 cm³/mol. The Morgan fingerprint density at radius 1 is 1.00 bits per heavy atom. The van der Waals surface area contributed by atoms with Gasteiger partial charge in [-0.15, -0.1) is 0 Å². The molecule has 0 amide bonds. The zero-order valence-corrected chi connectivity index (χ0v) is 12.7. The van der Waals surface area contributed by atoms with E-state index in [0.717, 1.165) is 41.6 Å². The topological polar surface area (TPSA) is 49.8 Å². The van der Waals surface area contributed by atoms with Crippen molar-refractivity contribution in [1.82, 2.24) is 9.97 Å². The van der Waals surface area contributed by atoms with E-state index in [-0.39, 0.29) is 5.82 Å². The molecule has 2 rings (SSSR count). The van der Waals surface area contributed by atoms with Gasteiger partial charge in [-0.1, -0.05) is 19.1 Å². The summed E-state index contributed by atoms with van der Waals surface area (Å²) in [4.78, 5) is 9.03. The van der Waals surface area contributed by atoms with Gasteiger partial charge in [0.25, 0.3) is 0 Å². The van der Waals surface area contributed by atoms with Crippen LogP contribution in [-0.4, -0.2) is 16.5 Å². The molecule has 1 aromatic carbocycles. The number of hydrogen-bond acceptors (Lipinski definition) is 4. The van der Waals surface area contributed by atoms with Crippen LogP contribution in [0.15, 0.2) is 24.3 Å². The highest BCUT2D eigenvalue weighted by Crippen LogP contribution is 2.20. The van der Waals surface area contributed by atoms with E-state index in [0.29, 0.717) is 6.54 Å². The molecule has 1 heterocycles. The summed E-state index contributed by atoms with van der Waals surface area (Å²) in [5, 5.41) is 6.56. The standard InChI is InChI=1S/C16H21FN4/c1-4-14-20-15(18-5-2)11(3)16(21-14)19-10-12-6-8-13(17)9-7-12/h6-9H,4-5,10H2,1-3H3,(H2,18,19,20,21). The van der Waals surface area contributed by atoms with E-state index in [9.17, 15) is 4.39 Å². The lowest BCUT2D eigenvalue weighted by Crippen LogP contribution is -2.11. The lowest BCUT2D eigenvalue weighted by molar-refractivity contribution is 0.627. The van der Waals surface area contributed by atoms with Crippen LogP contribution >= 0.6 is 0 Å². The Morgan fingerprint density at radius 2 is 1.62 bits per heavy atom. The molecule has 0 atom stereocenters. The first kappa shape index (κ1) is 15.2. The summed E-state index contributed by atoms with van der Waals surface area (Å²) in [5.41, 5.74) is 2.01. The Morgan fingerprint density at radius 3 is 2.19 bits per heavy atom. The maximum Gasteiger partial charge on any atom is 0.135 e. The van der Waals surface area contributed by atoms with E-state index >= 15 is 0 Å². The fourth-order valence-corrected chi connectivity index (χ4v) is 2.02. The first-order chi connectivity index (χ1) is 10.1. The number of benzene rings is 1. The zero-order chi connectivity index (χ0) is 15.2. The third kappa shape index (κ3) is 3.90. The van der Waals surface area contributed by atoms with Crippen LogP contribution in [0.3, 0.4) is 0 Å². The maximum absolute atomic E-state index is 12.9. The molecule has 21 heavy (non-hydrogen) atoms. The summed E-state index contributed by atoms with van der Waals surface area (Å²) in [7, 11) is 0. The van der Waals surface area contributed by atoms with Crippen LogP contribution in [0.2, 0.25) is 0 Å². The number of halogens is 1. The van der Waals surface area contributed by atoms with Gasteiger partial charge in [0.2, 0.25) is 0 Å². The van der Waals surface area contributed by atoms with Gasteiger partial charge in [-0.2, -0.15) is 0 Å². The molecule has 0 unspecified atom stereocenters. The molecule has 4 nitrogen and oxygen atoms in total. The molecular formula is C16H21FN4. The SMILES string of the molecule is CCNc1nc(CC)nc(NCc2ccc(F)cc2)c1C. The Kier molecular flexibility index (Phi) is 5.09. The van der Waals surface area contributed by atoms with Crippen LogP contribution in [0, 0.1) is 12.7 Å². The summed E-state index contributed by atoms with van der Waals surface area (Å²) in [6.07, 6.45) is 0.782. The number of anilines is 2. The molecule has 0 aliphatic rings. The summed E-state index contributed by atoms with van der Waals surface area (Å²) in [6, 6.07) is 6.46. The second kappa shape index (κ2) is 7.02. The van der Waals surface area contributed by atoms with Gasteiger partial charge in [0.05, 0.1) is 0 Å². The minimum atomic E-state index is -0.223. The first-order valence-corrected chi connectivity index (χ1v) is 7.23. The first-order valence-electron chi connectivity index (χ1n) is 7.23. The van der Waals surface area contributed by atoms with Gasteiger partial charge in [0.1, 0.15) is 23.3 Å². The number of nitrogens with zero attached hydrogens (tertiary/aromatic N) is 2. The highest BCUT2D eigenvalue weighted by Gasteiger charge is 2.09. The lowest BCUT2D eigenvalue weighted by atomic mass is 10.2. The van der Waals surface area contributed by atoms with Gasteiger partial charge in [-0.05, 0) is 31.5 Å². The minimum absolute atomic E-state index is 0.223. The highest BCUT2D eigenvalue weighted by molar-refractivity contribution is 5.57. The molecule has 0 bridgehead atoms. The van der Waals surface area contributed by atoms with Crippen molar-refractivity contribution in [3.05, 3.63) is 47.0 Å². The molecule has 2 aromatic rings. The Hall–Kier alpha value is -2.17. The van der Waals surface area contributed by atoms with Crippen molar-refractivity contribution in [2.45, 2.75) is 33.7 Å². The van der Waals surface area contributed by atoms with Crippen LogP contribution in [0.25, 0.3) is 0 Å². The number of aromatic nitrogens is 2. The van der Waals surface area contributed by atoms with Crippen molar-refractivity contribution in [2.24, 2.45) is 0 Å². The van der Waals surface area contributed by atoms with Crippen molar-refractivity contribution in [3.63, 3.8) is 0 Å². The van der Waals surface area contributed by atoms with Crippen LogP contribution in [0.1, 0.15) is 30.8 Å². The molecule has 0 aliphatic heterocycles. The molecule has 0 fully saturated rings.